The summed E-state index contributed by atoms with van der Waals surface area (Å²) in [5.41, 5.74) is 0.494. The number of hydrogen-bond acceptors (Lipinski definition) is 7. The first-order chi connectivity index (χ1) is 14.2. The van der Waals surface area contributed by atoms with Gasteiger partial charge in [-0.05, 0) is 43.3 Å². The van der Waals surface area contributed by atoms with E-state index in [9.17, 15) is 18.0 Å². The quantitative estimate of drug-likeness (QED) is 0.642. The molecule has 160 valence electrons. The molecule has 0 saturated carbocycles. The van der Waals surface area contributed by atoms with Gasteiger partial charge in [0.1, 0.15) is 13.2 Å². The van der Waals surface area contributed by atoms with E-state index < -0.39 is 40.0 Å². The maximum Gasteiger partial charge on any atom is 0.307 e. The highest BCUT2D eigenvalue weighted by Crippen LogP contribution is 2.32. The largest absolute Gasteiger partial charge is 0.486 e. The average Bonchev–Trinajstić information content (AvgIpc) is 2.73. The monoisotopic (exact) mass is 453 g/mol. The molecule has 1 amide bonds. The maximum atomic E-state index is 12.5. The first kappa shape index (κ1) is 21.9. The van der Waals surface area contributed by atoms with Crippen molar-refractivity contribution in [3.8, 4) is 11.5 Å². The highest BCUT2D eigenvalue weighted by molar-refractivity contribution is 7.91. The molecule has 2 aromatic carbocycles. The number of amides is 1. The lowest BCUT2D eigenvalue weighted by atomic mass is 10.3. The van der Waals surface area contributed by atoms with Crippen LogP contribution in [0.1, 0.15) is 13.3 Å². The van der Waals surface area contributed by atoms with Gasteiger partial charge in [-0.25, -0.2) is 8.42 Å². The molecular weight excluding hydrogens is 434 g/mol. The Morgan fingerprint density at radius 3 is 2.47 bits per heavy atom. The normalized spacial score (nSPS) is 13.9. The molecule has 1 aliphatic heterocycles. The predicted molar refractivity (Wildman–Crippen MR) is 110 cm³/mol. The highest BCUT2D eigenvalue weighted by Gasteiger charge is 2.23. The minimum absolute atomic E-state index is 0.0214. The third kappa shape index (κ3) is 5.64. The van der Waals surface area contributed by atoms with Gasteiger partial charge in [0.05, 0.1) is 17.1 Å². The van der Waals surface area contributed by atoms with Crippen molar-refractivity contribution in [3.05, 3.63) is 47.5 Å². The van der Waals surface area contributed by atoms with Crippen molar-refractivity contribution in [2.75, 3.05) is 24.3 Å². The van der Waals surface area contributed by atoms with E-state index in [0.29, 0.717) is 35.4 Å². The van der Waals surface area contributed by atoms with Crippen molar-refractivity contribution < 1.29 is 32.2 Å². The molecule has 1 atom stereocenters. The Morgan fingerprint density at radius 1 is 1.10 bits per heavy atom. The van der Waals surface area contributed by atoms with Gasteiger partial charge in [-0.3, -0.25) is 9.59 Å². The van der Waals surface area contributed by atoms with E-state index in [4.69, 9.17) is 25.8 Å². The van der Waals surface area contributed by atoms with Crippen LogP contribution < -0.4 is 14.8 Å². The molecule has 3 rings (SSSR count). The van der Waals surface area contributed by atoms with Crippen molar-refractivity contribution in [2.24, 2.45) is 0 Å². The number of esters is 1. The topological polar surface area (TPSA) is 108 Å². The summed E-state index contributed by atoms with van der Waals surface area (Å²) < 4.78 is 40.8. The van der Waals surface area contributed by atoms with Gasteiger partial charge in [-0.2, -0.15) is 0 Å². The first-order valence-electron chi connectivity index (χ1n) is 9.13. The molecular formula is C20H20ClNO7S. The number of rotatable bonds is 7. The number of sulfone groups is 1. The summed E-state index contributed by atoms with van der Waals surface area (Å²) in [5.74, 6) is -0.982. The van der Waals surface area contributed by atoms with E-state index in [1.54, 1.807) is 24.3 Å². The molecule has 0 bridgehead atoms. The lowest BCUT2D eigenvalue weighted by molar-refractivity contribution is -0.152. The summed E-state index contributed by atoms with van der Waals surface area (Å²) in [5, 5.41) is 3.10. The summed E-state index contributed by atoms with van der Waals surface area (Å²) in [6, 6.07) is 10.7. The standard InChI is InChI=1S/C20H20ClNO7S/c1-13(20(24)22-15-4-2-14(21)3-5-15)29-19(23)8-11-30(25,26)16-6-7-17-18(12-16)28-10-9-27-17/h2-7,12-13H,8-11H2,1H3,(H,22,24). The fourth-order valence-corrected chi connectivity index (χ4v) is 4.00. The highest BCUT2D eigenvalue weighted by atomic mass is 35.5. The van der Waals surface area contributed by atoms with Gasteiger partial charge in [0, 0.05) is 16.8 Å². The minimum atomic E-state index is -3.75. The lowest BCUT2D eigenvalue weighted by Gasteiger charge is -2.18. The number of carbonyl (C=O) groups is 2. The molecule has 10 heteroatoms. The maximum absolute atomic E-state index is 12.5. The van der Waals surface area contributed by atoms with Crippen LogP contribution in [0.15, 0.2) is 47.4 Å². The molecule has 8 nitrogen and oxygen atoms in total. The van der Waals surface area contributed by atoms with Crippen LogP contribution in [-0.2, 0) is 24.2 Å². The first-order valence-corrected chi connectivity index (χ1v) is 11.2. The van der Waals surface area contributed by atoms with Crippen LogP contribution >= 0.6 is 11.6 Å². The predicted octanol–water partition coefficient (Wildman–Crippen LogP) is 2.85. The van der Waals surface area contributed by atoms with Gasteiger partial charge < -0.3 is 19.5 Å². The molecule has 0 aromatic heterocycles. The van der Waals surface area contributed by atoms with Crippen LogP contribution in [0, 0.1) is 0 Å². The summed E-state index contributed by atoms with van der Waals surface area (Å²) in [6.07, 6.45) is -1.49. The van der Waals surface area contributed by atoms with Gasteiger partial charge in [-0.15, -0.1) is 0 Å². The van der Waals surface area contributed by atoms with Crippen LogP contribution in [0.3, 0.4) is 0 Å². The SMILES string of the molecule is CC(OC(=O)CCS(=O)(=O)c1ccc2c(c1)OCCO2)C(=O)Nc1ccc(Cl)cc1. The Kier molecular flexibility index (Phi) is 6.84. The number of carbonyl (C=O) groups excluding carboxylic acids is 2. The van der Waals surface area contributed by atoms with Crippen LogP contribution in [0.2, 0.25) is 5.02 Å². The second-order valence-electron chi connectivity index (χ2n) is 6.50. The van der Waals surface area contributed by atoms with Crippen molar-refractivity contribution in [1.82, 2.24) is 0 Å². The Bertz CT molecular complexity index is 1040. The molecule has 1 unspecified atom stereocenters. The number of ether oxygens (including phenoxy) is 3. The van der Waals surface area contributed by atoms with Crippen molar-refractivity contribution >= 4 is 39.0 Å². The lowest BCUT2D eigenvalue weighted by Crippen LogP contribution is -2.30. The average molecular weight is 454 g/mol. The zero-order chi connectivity index (χ0) is 21.7. The van der Waals surface area contributed by atoms with Crippen molar-refractivity contribution in [2.45, 2.75) is 24.3 Å². The number of halogens is 1. The van der Waals surface area contributed by atoms with E-state index in [2.05, 4.69) is 5.32 Å². The fourth-order valence-electron chi connectivity index (χ4n) is 2.64. The van der Waals surface area contributed by atoms with Crippen LogP contribution in [0.5, 0.6) is 11.5 Å². The molecule has 30 heavy (non-hydrogen) atoms. The van der Waals surface area contributed by atoms with Gasteiger partial charge in [0.25, 0.3) is 5.91 Å². The Morgan fingerprint density at radius 2 is 1.77 bits per heavy atom. The molecule has 1 heterocycles. The molecule has 0 saturated heterocycles. The van der Waals surface area contributed by atoms with E-state index in [0.717, 1.165) is 0 Å². The van der Waals surface area contributed by atoms with Gasteiger partial charge in [0.2, 0.25) is 0 Å². The summed E-state index contributed by atoms with van der Waals surface area (Å²) in [7, 11) is -3.75. The number of hydrogen-bond donors (Lipinski definition) is 1. The van der Waals surface area contributed by atoms with E-state index in [1.807, 2.05) is 0 Å². The smallest absolute Gasteiger partial charge is 0.307 e. The van der Waals surface area contributed by atoms with Crippen molar-refractivity contribution in [1.29, 1.82) is 0 Å². The summed E-state index contributed by atoms with van der Waals surface area (Å²) >= 11 is 5.79. The number of benzene rings is 2. The molecule has 0 aliphatic carbocycles. The number of nitrogens with one attached hydrogen (secondary N) is 1. The Hall–Kier alpha value is -2.78. The third-order valence-corrected chi connectivity index (χ3v) is 6.20. The molecule has 2 aromatic rings. The third-order valence-electron chi connectivity index (χ3n) is 4.24. The van der Waals surface area contributed by atoms with Crippen molar-refractivity contribution in [3.63, 3.8) is 0 Å². The second-order valence-corrected chi connectivity index (χ2v) is 9.05. The molecule has 0 fully saturated rings. The second kappa shape index (κ2) is 9.36. The van der Waals surface area contributed by atoms with Gasteiger partial charge in [-0.1, -0.05) is 11.6 Å². The number of anilines is 1. The fraction of sp³-hybridized carbons (Fsp3) is 0.300. The zero-order valence-corrected chi connectivity index (χ0v) is 17.7. The zero-order valence-electron chi connectivity index (χ0n) is 16.1. The molecule has 1 N–H and O–H groups in total. The van der Waals surface area contributed by atoms with Crippen LogP contribution in [-0.4, -0.2) is 45.4 Å². The molecule has 0 radical (unpaired) electrons. The van der Waals surface area contributed by atoms with E-state index >= 15 is 0 Å². The Labute approximate surface area is 179 Å². The van der Waals surface area contributed by atoms with Crippen LogP contribution in [0.25, 0.3) is 0 Å². The number of fused-ring (bicyclic) bond motifs is 1. The van der Waals surface area contributed by atoms with Crippen LogP contribution in [0.4, 0.5) is 5.69 Å². The Balaban J connectivity index is 1.52. The van der Waals surface area contributed by atoms with E-state index in [1.165, 1.54) is 25.1 Å². The summed E-state index contributed by atoms with van der Waals surface area (Å²) in [6.45, 7) is 2.13. The molecule has 1 aliphatic rings. The van der Waals surface area contributed by atoms with Gasteiger partial charge >= 0.3 is 5.97 Å². The summed E-state index contributed by atoms with van der Waals surface area (Å²) in [4.78, 5) is 24.2. The van der Waals surface area contributed by atoms with Gasteiger partial charge in [0.15, 0.2) is 27.4 Å². The minimum Gasteiger partial charge on any atom is -0.486 e. The molecule has 0 spiro atoms. The van der Waals surface area contributed by atoms with E-state index in [-0.39, 0.29) is 4.90 Å².